The summed E-state index contributed by atoms with van der Waals surface area (Å²) in [6.07, 6.45) is -1.59. The van der Waals surface area contributed by atoms with E-state index in [-0.39, 0.29) is 44.5 Å². The van der Waals surface area contributed by atoms with Crippen LogP contribution in [0.25, 0.3) is 0 Å². The van der Waals surface area contributed by atoms with Gasteiger partial charge in [0, 0.05) is 26.2 Å². The fraction of sp³-hybridized carbons (Fsp3) is 0.571. The summed E-state index contributed by atoms with van der Waals surface area (Å²) in [5.74, 6) is -5.37. The molecule has 0 aliphatic carbocycles. The van der Waals surface area contributed by atoms with Gasteiger partial charge in [0.1, 0.15) is 0 Å². The molecule has 0 aromatic carbocycles. The molecule has 2 atom stereocenters. The Morgan fingerprint density at radius 2 is 1.74 bits per heavy atom. The quantitative estimate of drug-likeness (QED) is 0.707. The van der Waals surface area contributed by atoms with Crippen molar-refractivity contribution in [3.05, 3.63) is 25.3 Å². The number of amides is 1. The summed E-state index contributed by atoms with van der Waals surface area (Å²) in [6, 6.07) is 0. The second-order valence-electron chi connectivity index (χ2n) is 5.16. The lowest BCUT2D eigenvalue weighted by Gasteiger charge is -2.23. The molecular weight excluding hydrogens is 337 g/mol. The summed E-state index contributed by atoms with van der Waals surface area (Å²) in [5, 5.41) is 8.93. The van der Waals surface area contributed by atoms with Gasteiger partial charge in [-0.15, -0.1) is 25.6 Å². The van der Waals surface area contributed by atoms with E-state index in [2.05, 4.69) is 13.2 Å². The molecule has 5 nitrogen and oxygen atoms in total. The third kappa shape index (κ3) is 5.87. The maximum absolute atomic E-state index is 12.9. The molecule has 1 saturated heterocycles. The molecule has 1 fully saturated rings. The van der Waals surface area contributed by atoms with Gasteiger partial charge in [0.05, 0.1) is 18.4 Å². The number of carbonyl (C=O) groups excluding carboxylic acids is 1. The van der Waals surface area contributed by atoms with Crippen LogP contribution in [0.2, 0.25) is 0 Å². The van der Waals surface area contributed by atoms with E-state index >= 15 is 0 Å². The van der Waals surface area contributed by atoms with Gasteiger partial charge in [-0.1, -0.05) is 12.2 Å². The van der Waals surface area contributed by atoms with Crippen molar-refractivity contribution in [1.29, 1.82) is 0 Å². The van der Waals surface area contributed by atoms with Gasteiger partial charge in [0.15, 0.2) is 0 Å². The monoisotopic (exact) mass is 356 g/mol. The average molecular weight is 357 g/mol. The number of rotatable bonds is 7. The molecular formula is C14H20ClF3N2O3. The van der Waals surface area contributed by atoms with Crippen LogP contribution in [-0.2, 0) is 9.59 Å². The maximum Gasteiger partial charge on any atom is 0.393 e. The number of likely N-dealkylation sites (tertiary alicyclic amines) is 1. The molecule has 1 heterocycles. The van der Waals surface area contributed by atoms with Crippen LogP contribution in [0.5, 0.6) is 0 Å². The molecule has 1 aliphatic rings. The molecule has 0 spiro atoms. The van der Waals surface area contributed by atoms with Crippen molar-refractivity contribution in [1.82, 2.24) is 9.80 Å². The van der Waals surface area contributed by atoms with Gasteiger partial charge in [0.2, 0.25) is 5.91 Å². The number of carbonyl (C=O) groups is 2. The smallest absolute Gasteiger partial charge is 0.393 e. The predicted octanol–water partition coefficient (Wildman–Crippen LogP) is 1.80. The first kappa shape index (κ1) is 21.5. The highest BCUT2D eigenvalue weighted by atomic mass is 35.5. The van der Waals surface area contributed by atoms with Gasteiger partial charge in [0.25, 0.3) is 0 Å². The molecule has 0 saturated carbocycles. The second kappa shape index (κ2) is 8.93. The summed E-state index contributed by atoms with van der Waals surface area (Å²) >= 11 is 0. The van der Waals surface area contributed by atoms with Crippen LogP contribution in [0.1, 0.15) is 0 Å². The minimum atomic E-state index is -4.59. The molecule has 0 unspecified atom stereocenters. The Balaban J connectivity index is 0.00000484. The summed E-state index contributed by atoms with van der Waals surface area (Å²) in [4.78, 5) is 25.7. The Kier molecular flexibility index (Phi) is 8.33. The fourth-order valence-corrected chi connectivity index (χ4v) is 2.48. The lowest BCUT2D eigenvalue weighted by Crippen LogP contribution is -2.40. The molecule has 9 heteroatoms. The normalized spacial score (nSPS) is 21.3. The standard InChI is InChI=1S/C14H19F3N2O3.ClH/c1-3-5-19(6-4-2)12(20)9-18-7-10(13(21)22)11(8-18)14(15,16)17;/h3-4,10-11H,1-2,5-9H2,(H,21,22);1H/t10-,11-;/m1./s1. The zero-order valence-corrected chi connectivity index (χ0v) is 13.3. The molecule has 0 radical (unpaired) electrons. The molecule has 0 aromatic rings. The number of hydrogen-bond acceptors (Lipinski definition) is 3. The van der Waals surface area contributed by atoms with E-state index in [4.69, 9.17) is 5.11 Å². The molecule has 0 aromatic heterocycles. The van der Waals surface area contributed by atoms with Gasteiger partial charge < -0.3 is 10.0 Å². The minimum absolute atomic E-state index is 0. The Morgan fingerprint density at radius 3 is 2.09 bits per heavy atom. The molecule has 1 amide bonds. The van der Waals surface area contributed by atoms with E-state index in [1.165, 1.54) is 22.0 Å². The molecule has 132 valence electrons. The van der Waals surface area contributed by atoms with E-state index in [0.717, 1.165) is 0 Å². The van der Waals surface area contributed by atoms with Crippen LogP contribution in [0.3, 0.4) is 0 Å². The lowest BCUT2D eigenvalue weighted by molar-refractivity contribution is -0.188. The minimum Gasteiger partial charge on any atom is -0.481 e. The zero-order valence-electron chi connectivity index (χ0n) is 12.5. The van der Waals surface area contributed by atoms with Crippen LogP contribution in [0.15, 0.2) is 25.3 Å². The van der Waals surface area contributed by atoms with Crippen LogP contribution >= 0.6 is 12.4 Å². The fourth-order valence-electron chi connectivity index (χ4n) is 2.48. The number of hydrogen-bond donors (Lipinski definition) is 1. The first-order chi connectivity index (χ1) is 10.2. The van der Waals surface area contributed by atoms with Crippen molar-refractivity contribution in [3.63, 3.8) is 0 Å². The van der Waals surface area contributed by atoms with Crippen molar-refractivity contribution >= 4 is 24.3 Å². The van der Waals surface area contributed by atoms with E-state index in [9.17, 15) is 22.8 Å². The van der Waals surface area contributed by atoms with Crippen LogP contribution in [0, 0.1) is 11.8 Å². The van der Waals surface area contributed by atoms with Crippen LogP contribution in [-0.4, -0.2) is 65.7 Å². The third-order valence-corrected chi connectivity index (χ3v) is 3.54. The molecule has 1 N–H and O–H groups in total. The lowest BCUT2D eigenvalue weighted by atomic mass is 9.96. The Bertz CT molecular complexity index is 447. The van der Waals surface area contributed by atoms with Crippen molar-refractivity contribution < 1.29 is 27.9 Å². The summed E-state index contributed by atoms with van der Waals surface area (Å²) < 4.78 is 38.6. The number of halogens is 4. The summed E-state index contributed by atoms with van der Waals surface area (Å²) in [6.45, 7) is 6.50. The Morgan fingerprint density at radius 1 is 1.22 bits per heavy atom. The van der Waals surface area contributed by atoms with Gasteiger partial charge in [-0.3, -0.25) is 14.5 Å². The largest absolute Gasteiger partial charge is 0.481 e. The topological polar surface area (TPSA) is 60.9 Å². The second-order valence-corrected chi connectivity index (χ2v) is 5.16. The third-order valence-electron chi connectivity index (χ3n) is 3.54. The van der Waals surface area contributed by atoms with Crippen LogP contribution < -0.4 is 0 Å². The number of carboxylic acids is 1. The van der Waals surface area contributed by atoms with Crippen molar-refractivity contribution in [3.8, 4) is 0 Å². The highest BCUT2D eigenvalue weighted by molar-refractivity contribution is 5.85. The summed E-state index contributed by atoms with van der Waals surface area (Å²) in [7, 11) is 0. The van der Waals surface area contributed by atoms with E-state index in [0.29, 0.717) is 0 Å². The van der Waals surface area contributed by atoms with E-state index in [1.54, 1.807) is 0 Å². The number of aliphatic carboxylic acids is 1. The van der Waals surface area contributed by atoms with Crippen molar-refractivity contribution in [2.75, 3.05) is 32.7 Å². The predicted molar refractivity (Wildman–Crippen MR) is 81.3 cm³/mol. The SMILES string of the molecule is C=CCN(CC=C)C(=O)CN1C[C@@H](C(F)(F)F)[C@H](C(=O)O)C1.Cl. The van der Waals surface area contributed by atoms with E-state index < -0.39 is 30.5 Å². The van der Waals surface area contributed by atoms with Gasteiger partial charge in [-0.2, -0.15) is 13.2 Å². The molecule has 23 heavy (non-hydrogen) atoms. The number of nitrogens with zero attached hydrogens (tertiary/aromatic N) is 2. The highest BCUT2D eigenvalue weighted by Gasteiger charge is 2.52. The zero-order chi connectivity index (χ0) is 16.9. The van der Waals surface area contributed by atoms with Gasteiger partial charge in [-0.25, -0.2) is 0 Å². The van der Waals surface area contributed by atoms with Crippen LogP contribution in [0.4, 0.5) is 13.2 Å². The Hall–Kier alpha value is -1.54. The van der Waals surface area contributed by atoms with E-state index in [1.807, 2.05) is 0 Å². The highest BCUT2D eigenvalue weighted by Crippen LogP contribution is 2.37. The van der Waals surface area contributed by atoms with Gasteiger partial charge in [-0.05, 0) is 0 Å². The first-order valence-corrected chi connectivity index (χ1v) is 6.72. The molecule has 1 aliphatic heterocycles. The van der Waals surface area contributed by atoms with Crippen molar-refractivity contribution in [2.45, 2.75) is 6.18 Å². The number of alkyl halides is 3. The van der Waals surface area contributed by atoms with Crippen molar-refractivity contribution in [2.24, 2.45) is 11.8 Å². The number of carboxylic acid groups (broad SMARTS) is 1. The molecule has 0 bridgehead atoms. The summed E-state index contributed by atoms with van der Waals surface area (Å²) in [5.41, 5.74) is 0. The Labute approximate surface area is 138 Å². The maximum atomic E-state index is 12.9. The average Bonchev–Trinajstić information content (AvgIpc) is 2.82. The molecule has 1 rings (SSSR count). The first-order valence-electron chi connectivity index (χ1n) is 6.72. The van der Waals surface area contributed by atoms with Gasteiger partial charge >= 0.3 is 12.1 Å².